The summed E-state index contributed by atoms with van der Waals surface area (Å²) in [5.41, 5.74) is 0. The van der Waals surface area contributed by atoms with Crippen LogP contribution in [0.3, 0.4) is 0 Å². The van der Waals surface area contributed by atoms with Crippen LogP contribution in [0.15, 0.2) is 0 Å². The number of nitrogens with zero attached hydrogens (tertiary/aromatic N) is 1. The molecule has 1 aliphatic heterocycles. The molecular formula is C15H26N2O4. The molecule has 0 aromatic rings. The van der Waals surface area contributed by atoms with Crippen molar-refractivity contribution in [3.63, 3.8) is 0 Å². The number of likely N-dealkylation sites (tertiary alicyclic amines) is 1. The fourth-order valence-electron chi connectivity index (χ4n) is 3.10. The zero-order valence-electron chi connectivity index (χ0n) is 12.6. The number of carboxylic acids is 1. The average Bonchev–Trinajstić information content (AvgIpc) is 2.74. The van der Waals surface area contributed by atoms with E-state index in [0.717, 1.165) is 12.8 Å². The van der Waals surface area contributed by atoms with Crippen LogP contribution in [0.25, 0.3) is 0 Å². The molecule has 0 spiro atoms. The zero-order valence-corrected chi connectivity index (χ0v) is 12.6. The molecule has 2 aliphatic rings. The second kappa shape index (κ2) is 8.22. The molecule has 0 bridgehead atoms. The second-order valence-corrected chi connectivity index (χ2v) is 6.03. The lowest BCUT2D eigenvalue weighted by atomic mass is 10.1. The Morgan fingerprint density at radius 1 is 1.05 bits per heavy atom. The maximum atomic E-state index is 12.2. The van der Waals surface area contributed by atoms with Crippen LogP contribution in [0.4, 0.5) is 4.79 Å². The summed E-state index contributed by atoms with van der Waals surface area (Å²) >= 11 is 0. The molecule has 120 valence electrons. The SMILES string of the molecule is O=C(O)COC1CCN(C(=O)NC2CCCCCC2)CC1. The van der Waals surface area contributed by atoms with Gasteiger partial charge in [-0.05, 0) is 25.7 Å². The highest BCUT2D eigenvalue weighted by atomic mass is 16.5. The number of hydrogen-bond acceptors (Lipinski definition) is 3. The summed E-state index contributed by atoms with van der Waals surface area (Å²) in [7, 11) is 0. The van der Waals surface area contributed by atoms with Gasteiger partial charge in [-0.1, -0.05) is 25.7 Å². The van der Waals surface area contributed by atoms with E-state index in [0.29, 0.717) is 32.0 Å². The summed E-state index contributed by atoms with van der Waals surface area (Å²) in [6.07, 6.45) is 8.52. The first kappa shape index (κ1) is 16.1. The van der Waals surface area contributed by atoms with Gasteiger partial charge >= 0.3 is 12.0 Å². The molecule has 6 nitrogen and oxygen atoms in total. The minimum Gasteiger partial charge on any atom is -0.480 e. The molecule has 0 radical (unpaired) electrons. The van der Waals surface area contributed by atoms with Gasteiger partial charge in [0.15, 0.2) is 0 Å². The molecule has 2 amide bonds. The van der Waals surface area contributed by atoms with Crippen molar-refractivity contribution in [1.82, 2.24) is 10.2 Å². The number of carbonyl (C=O) groups is 2. The lowest BCUT2D eigenvalue weighted by Gasteiger charge is -2.32. The maximum Gasteiger partial charge on any atom is 0.329 e. The van der Waals surface area contributed by atoms with Crippen molar-refractivity contribution < 1.29 is 19.4 Å². The molecule has 0 aromatic heterocycles. The molecule has 1 heterocycles. The van der Waals surface area contributed by atoms with Crippen LogP contribution in [0, 0.1) is 0 Å². The Hall–Kier alpha value is -1.30. The van der Waals surface area contributed by atoms with Crippen molar-refractivity contribution in [2.45, 2.75) is 63.5 Å². The van der Waals surface area contributed by atoms with Crippen LogP contribution in [0.5, 0.6) is 0 Å². The van der Waals surface area contributed by atoms with Gasteiger partial charge in [0.05, 0.1) is 6.10 Å². The molecule has 1 aliphatic carbocycles. The highest BCUT2D eigenvalue weighted by Crippen LogP contribution is 2.18. The highest BCUT2D eigenvalue weighted by molar-refractivity contribution is 5.74. The number of urea groups is 1. The Bertz CT molecular complexity index is 346. The molecule has 0 unspecified atom stereocenters. The van der Waals surface area contributed by atoms with E-state index in [-0.39, 0.29) is 18.7 Å². The number of carboxylic acid groups (broad SMARTS) is 1. The molecule has 0 atom stereocenters. The predicted octanol–water partition coefficient (Wildman–Crippen LogP) is 1.98. The number of carbonyl (C=O) groups excluding carboxylic acids is 1. The normalized spacial score (nSPS) is 21.8. The topological polar surface area (TPSA) is 78.9 Å². The van der Waals surface area contributed by atoms with Gasteiger partial charge in [-0.3, -0.25) is 0 Å². The van der Waals surface area contributed by atoms with Gasteiger partial charge in [0.1, 0.15) is 6.61 Å². The smallest absolute Gasteiger partial charge is 0.329 e. The standard InChI is InChI=1S/C15H26N2O4/c18-14(19)11-21-13-7-9-17(10-8-13)15(20)16-12-5-3-1-2-4-6-12/h12-13H,1-11H2,(H,16,20)(H,18,19). The van der Waals surface area contributed by atoms with E-state index in [1.807, 2.05) is 4.90 Å². The number of ether oxygens (including phenoxy) is 1. The first-order valence-electron chi connectivity index (χ1n) is 8.04. The first-order valence-corrected chi connectivity index (χ1v) is 8.04. The highest BCUT2D eigenvalue weighted by Gasteiger charge is 2.25. The molecule has 2 rings (SSSR count). The minimum atomic E-state index is -0.941. The van der Waals surface area contributed by atoms with Gasteiger partial charge in [-0.25, -0.2) is 9.59 Å². The van der Waals surface area contributed by atoms with Crippen molar-refractivity contribution in [3.8, 4) is 0 Å². The number of amides is 2. The van der Waals surface area contributed by atoms with Gasteiger partial charge in [-0.15, -0.1) is 0 Å². The molecule has 21 heavy (non-hydrogen) atoms. The van der Waals surface area contributed by atoms with E-state index in [1.165, 1.54) is 25.7 Å². The van der Waals surface area contributed by atoms with Crippen molar-refractivity contribution in [3.05, 3.63) is 0 Å². The van der Waals surface area contributed by atoms with Gasteiger partial charge in [0.25, 0.3) is 0 Å². The number of piperidine rings is 1. The van der Waals surface area contributed by atoms with Crippen molar-refractivity contribution >= 4 is 12.0 Å². The van der Waals surface area contributed by atoms with Crippen LogP contribution in [-0.4, -0.2) is 53.8 Å². The third kappa shape index (κ3) is 5.53. The Labute approximate surface area is 125 Å². The van der Waals surface area contributed by atoms with Crippen LogP contribution in [-0.2, 0) is 9.53 Å². The van der Waals surface area contributed by atoms with Crippen molar-refractivity contribution in [1.29, 1.82) is 0 Å². The van der Waals surface area contributed by atoms with Gasteiger partial charge in [-0.2, -0.15) is 0 Å². The lowest BCUT2D eigenvalue weighted by molar-refractivity contribution is -0.145. The Morgan fingerprint density at radius 3 is 2.24 bits per heavy atom. The largest absolute Gasteiger partial charge is 0.480 e. The van der Waals surface area contributed by atoms with Gasteiger partial charge < -0.3 is 20.1 Å². The summed E-state index contributed by atoms with van der Waals surface area (Å²) in [5, 5.41) is 11.7. The third-order valence-corrected chi connectivity index (χ3v) is 4.35. The van der Waals surface area contributed by atoms with Gasteiger partial charge in [0, 0.05) is 19.1 Å². The van der Waals surface area contributed by atoms with E-state index >= 15 is 0 Å². The summed E-state index contributed by atoms with van der Waals surface area (Å²) in [6, 6.07) is 0.347. The van der Waals surface area contributed by atoms with E-state index in [9.17, 15) is 9.59 Å². The van der Waals surface area contributed by atoms with Crippen LogP contribution < -0.4 is 5.32 Å². The lowest BCUT2D eigenvalue weighted by Crippen LogP contribution is -2.49. The predicted molar refractivity (Wildman–Crippen MR) is 78.2 cm³/mol. The Balaban J connectivity index is 1.68. The number of nitrogens with one attached hydrogen (secondary N) is 1. The minimum absolute atomic E-state index is 0.0265. The third-order valence-electron chi connectivity index (χ3n) is 4.35. The number of rotatable bonds is 4. The van der Waals surface area contributed by atoms with Crippen molar-refractivity contribution in [2.75, 3.05) is 19.7 Å². The quantitative estimate of drug-likeness (QED) is 0.778. The molecule has 1 saturated heterocycles. The zero-order chi connectivity index (χ0) is 15.1. The molecule has 2 fully saturated rings. The Morgan fingerprint density at radius 2 is 1.67 bits per heavy atom. The summed E-state index contributed by atoms with van der Waals surface area (Å²) in [4.78, 5) is 24.5. The fourth-order valence-corrected chi connectivity index (χ4v) is 3.10. The number of aliphatic carboxylic acids is 1. The van der Waals surface area contributed by atoms with Crippen LogP contribution in [0.1, 0.15) is 51.4 Å². The van der Waals surface area contributed by atoms with Crippen molar-refractivity contribution in [2.24, 2.45) is 0 Å². The fraction of sp³-hybridized carbons (Fsp3) is 0.867. The molecule has 6 heteroatoms. The molecular weight excluding hydrogens is 272 g/mol. The summed E-state index contributed by atoms with van der Waals surface area (Å²) in [5.74, 6) is -0.941. The van der Waals surface area contributed by atoms with E-state index in [2.05, 4.69) is 5.32 Å². The van der Waals surface area contributed by atoms with E-state index in [4.69, 9.17) is 9.84 Å². The monoisotopic (exact) mass is 298 g/mol. The molecule has 2 N–H and O–H groups in total. The van der Waals surface area contributed by atoms with Crippen LogP contribution >= 0.6 is 0 Å². The summed E-state index contributed by atoms with van der Waals surface area (Å²) < 4.78 is 5.28. The Kier molecular flexibility index (Phi) is 6.29. The molecule has 1 saturated carbocycles. The van der Waals surface area contributed by atoms with E-state index in [1.54, 1.807) is 0 Å². The molecule has 0 aromatic carbocycles. The average molecular weight is 298 g/mol. The maximum absolute atomic E-state index is 12.2. The number of hydrogen-bond donors (Lipinski definition) is 2. The summed E-state index contributed by atoms with van der Waals surface area (Å²) in [6.45, 7) is 1.03. The van der Waals surface area contributed by atoms with Gasteiger partial charge in [0.2, 0.25) is 0 Å². The van der Waals surface area contributed by atoms with E-state index < -0.39 is 5.97 Å². The second-order valence-electron chi connectivity index (χ2n) is 6.03. The first-order chi connectivity index (χ1) is 10.1. The van der Waals surface area contributed by atoms with Crippen LogP contribution in [0.2, 0.25) is 0 Å².